The van der Waals surface area contributed by atoms with E-state index >= 15 is 0 Å². The van der Waals surface area contributed by atoms with Crippen LogP contribution in [0.2, 0.25) is 0 Å². The molecule has 0 heterocycles. The monoisotopic (exact) mass is 313 g/mol. The molecule has 0 bridgehead atoms. The van der Waals surface area contributed by atoms with E-state index in [1.807, 2.05) is 13.0 Å². The smallest absolute Gasteiger partial charge is 0.259 e. The molecule has 0 spiro atoms. The van der Waals surface area contributed by atoms with E-state index < -0.39 is 5.54 Å². The third kappa shape index (κ3) is 4.14. The van der Waals surface area contributed by atoms with Crippen LogP contribution in [-0.4, -0.2) is 24.7 Å². The molecule has 6 nitrogen and oxygen atoms in total. The zero-order chi connectivity index (χ0) is 16.7. The van der Waals surface area contributed by atoms with Crippen LogP contribution in [0.15, 0.2) is 18.2 Å². The number of rotatable bonds is 6. The maximum atomic E-state index is 12.0. The van der Waals surface area contributed by atoms with Crippen molar-refractivity contribution in [2.24, 2.45) is 0 Å². The average molecular weight is 313 g/mol. The molecule has 23 heavy (non-hydrogen) atoms. The fraction of sp³-hybridized carbons (Fsp3) is 0.471. The molecule has 1 amide bonds. The van der Waals surface area contributed by atoms with Gasteiger partial charge in [0, 0.05) is 6.07 Å². The maximum Gasteiger partial charge on any atom is 0.259 e. The number of carbonyl (C=O) groups excluding carboxylic acids is 1. The van der Waals surface area contributed by atoms with Crippen molar-refractivity contribution in [1.29, 1.82) is 10.5 Å². The van der Waals surface area contributed by atoms with Gasteiger partial charge in [-0.2, -0.15) is 10.5 Å². The Bertz CT molecular complexity index is 652. The molecule has 1 saturated carbocycles. The lowest BCUT2D eigenvalue weighted by atomic mass is 10.00. The Balaban J connectivity index is 1.99. The molecule has 1 aromatic rings. The normalized spacial score (nSPS) is 15.3. The second kappa shape index (κ2) is 7.51. The van der Waals surface area contributed by atoms with Gasteiger partial charge in [0.25, 0.3) is 5.91 Å². The Labute approximate surface area is 135 Å². The second-order valence-electron chi connectivity index (χ2n) is 5.44. The van der Waals surface area contributed by atoms with Gasteiger partial charge in [0.1, 0.15) is 5.54 Å². The molecule has 0 aliphatic heterocycles. The molecule has 0 unspecified atom stereocenters. The summed E-state index contributed by atoms with van der Waals surface area (Å²) < 4.78 is 10.9. The molecule has 6 heteroatoms. The van der Waals surface area contributed by atoms with Crippen molar-refractivity contribution in [2.45, 2.75) is 38.1 Å². The number of nitriles is 2. The van der Waals surface area contributed by atoms with Crippen molar-refractivity contribution >= 4 is 5.91 Å². The van der Waals surface area contributed by atoms with E-state index in [0.29, 0.717) is 36.5 Å². The van der Waals surface area contributed by atoms with E-state index in [4.69, 9.17) is 14.7 Å². The molecule has 1 aromatic carbocycles. The Kier molecular flexibility index (Phi) is 5.43. The minimum atomic E-state index is -0.756. The summed E-state index contributed by atoms with van der Waals surface area (Å²) in [6, 6.07) is 9.01. The van der Waals surface area contributed by atoms with Crippen LogP contribution in [0.3, 0.4) is 0 Å². The van der Waals surface area contributed by atoms with Crippen LogP contribution in [0.4, 0.5) is 0 Å². The Morgan fingerprint density at radius 3 is 2.61 bits per heavy atom. The zero-order valence-electron chi connectivity index (χ0n) is 13.1. The van der Waals surface area contributed by atoms with Gasteiger partial charge in [-0.25, -0.2) is 0 Å². The van der Waals surface area contributed by atoms with Gasteiger partial charge in [0.05, 0.1) is 24.3 Å². The molecule has 0 atom stereocenters. The van der Waals surface area contributed by atoms with Crippen molar-refractivity contribution in [3.8, 4) is 23.6 Å². The summed E-state index contributed by atoms with van der Waals surface area (Å²) in [6.45, 7) is 2.05. The van der Waals surface area contributed by atoms with E-state index in [9.17, 15) is 10.1 Å². The van der Waals surface area contributed by atoms with Gasteiger partial charge in [-0.3, -0.25) is 4.79 Å². The number of nitrogens with zero attached hydrogens (tertiary/aromatic N) is 2. The summed E-state index contributed by atoms with van der Waals surface area (Å²) in [5.41, 5.74) is -0.298. The lowest BCUT2D eigenvalue weighted by Gasteiger charge is -2.22. The number of amides is 1. The third-order valence-corrected chi connectivity index (χ3v) is 3.78. The first-order chi connectivity index (χ1) is 11.1. The second-order valence-corrected chi connectivity index (χ2v) is 5.44. The van der Waals surface area contributed by atoms with Crippen molar-refractivity contribution in [2.75, 3.05) is 13.2 Å². The highest BCUT2D eigenvalue weighted by molar-refractivity contribution is 5.79. The Morgan fingerprint density at radius 2 is 2.00 bits per heavy atom. The van der Waals surface area contributed by atoms with Crippen LogP contribution in [0.1, 0.15) is 38.2 Å². The highest BCUT2D eigenvalue weighted by Crippen LogP contribution is 2.30. The highest BCUT2D eigenvalue weighted by Gasteiger charge is 2.35. The molecule has 1 fully saturated rings. The van der Waals surface area contributed by atoms with Gasteiger partial charge in [-0.15, -0.1) is 0 Å². The lowest BCUT2D eigenvalue weighted by molar-refractivity contribution is -0.124. The first kappa shape index (κ1) is 16.6. The fourth-order valence-electron chi connectivity index (χ4n) is 2.65. The van der Waals surface area contributed by atoms with Gasteiger partial charge < -0.3 is 14.8 Å². The minimum absolute atomic E-state index is 0.199. The summed E-state index contributed by atoms with van der Waals surface area (Å²) in [5.74, 6) is 0.494. The third-order valence-electron chi connectivity index (χ3n) is 3.78. The number of carbonyl (C=O) groups is 1. The predicted octanol–water partition coefficient (Wildman–Crippen LogP) is 2.29. The van der Waals surface area contributed by atoms with E-state index in [1.54, 1.807) is 18.2 Å². The van der Waals surface area contributed by atoms with Crippen molar-refractivity contribution in [3.05, 3.63) is 23.8 Å². The first-order valence-corrected chi connectivity index (χ1v) is 7.64. The van der Waals surface area contributed by atoms with Crippen LogP contribution in [-0.2, 0) is 4.79 Å². The minimum Gasteiger partial charge on any atom is -0.490 e. The molecule has 1 aliphatic carbocycles. The number of ether oxygens (including phenoxy) is 2. The zero-order valence-corrected chi connectivity index (χ0v) is 13.1. The molecule has 1 N–H and O–H groups in total. The summed E-state index contributed by atoms with van der Waals surface area (Å²) in [7, 11) is 0. The van der Waals surface area contributed by atoms with Crippen molar-refractivity contribution in [1.82, 2.24) is 5.32 Å². The van der Waals surface area contributed by atoms with Crippen LogP contribution < -0.4 is 14.8 Å². The van der Waals surface area contributed by atoms with Crippen molar-refractivity contribution in [3.63, 3.8) is 0 Å². The molecule has 2 rings (SSSR count). The summed E-state index contributed by atoms with van der Waals surface area (Å²) in [6.07, 6.45) is 3.24. The van der Waals surface area contributed by atoms with Crippen LogP contribution in [0, 0.1) is 22.7 Å². The summed E-state index contributed by atoms with van der Waals surface area (Å²) >= 11 is 0. The van der Waals surface area contributed by atoms with Gasteiger partial charge >= 0.3 is 0 Å². The number of benzene rings is 1. The SMILES string of the molecule is CCOc1cc(C#N)ccc1OCC(=O)NC1(C#N)CCCC1. The van der Waals surface area contributed by atoms with Gasteiger partial charge in [-0.05, 0) is 44.7 Å². The van der Waals surface area contributed by atoms with Gasteiger partial charge in [-0.1, -0.05) is 0 Å². The molecular formula is C17H19N3O3. The number of hydrogen-bond donors (Lipinski definition) is 1. The van der Waals surface area contributed by atoms with Crippen molar-refractivity contribution < 1.29 is 14.3 Å². The van der Waals surface area contributed by atoms with Gasteiger partial charge in [0.2, 0.25) is 0 Å². The number of nitrogens with one attached hydrogen (secondary N) is 1. The average Bonchev–Trinajstić information content (AvgIpc) is 3.03. The van der Waals surface area contributed by atoms with Crippen LogP contribution in [0.5, 0.6) is 11.5 Å². The lowest BCUT2D eigenvalue weighted by Crippen LogP contribution is -2.47. The molecule has 120 valence electrons. The van der Waals surface area contributed by atoms with Crippen LogP contribution >= 0.6 is 0 Å². The quantitative estimate of drug-likeness (QED) is 0.869. The van der Waals surface area contributed by atoms with E-state index in [0.717, 1.165) is 12.8 Å². The van der Waals surface area contributed by atoms with Gasteiger partial charge in [0.15, 0.2) is 18.1 Å². The molecule has 1 aliphatic rings. The maximum absolute atomic E-state index is 12.0. The summed E-state index contributed by atoms with van der Waals surface area (Å²) in [4.78, 5) is 12.0. The fourth-order valence-corrected chi connectivity index (χ4v) is 2.65. The standard InChI is InChI=1S/C17H19N3O3/c1-2-22-15-9-13(10-18)5-6-14(15)23-11-16(21)20-17(12-19)7-3-4-8-17/h5-6,9H,2-4,7-8,11H2,1H3,(H,20,21). The molecule has 0 radical (unpaired) electrons. The first-order valence-electron chi connectivity index (χ1n) is 7.64. The Hall–Kier alpha value is -2.73. The predicted molar refractivity (Wildman–Crippen MR) is 82.8 cm³/mol. The largest absolute Gasteiger partial charge is 0.490 e. The van der Waals surface area contributed by atoms with E-state index in [2.05, 4.69) is 11.4 Å². The topological polar surface area (TPSA) is 95.1 Å². The number of hydrogen-bond acceptors (Lipinski definition) is 5. The van der Waals surface area contributed by atoms with E-state index in [-0.39, 0.29) is 12.5 Å². The van der Waals surface area contributed by atoms with E-state index in [1.165, 1.54) is 0 Å². The molecular weight excluding hydrogens is 294 g/mol. The molecule has 0 aromatic heterocycles. The summed E-state index contributed by atoms with van der Waals surface area (Å²) in [5, 5.41) is 20.9. The Morgan fingerprint density at radius 1 is 1.26 bits per heavy atom. The van der Waals surface area contributed by atoms with Crippen LogP contribution in [0.25, 0.3) is 0 Å². The highest BCUT2D eigenvalue weighted by atomic mass is 16.5. The molecule has 0 saturated heterocycles.